The molecule has 9 heteroatoms. The van der Waals surface area contributed by atoms with Crippen molar-refractivity contribution in [2.45, 2.75) is 31.1 Å². The second-order valence-electron chi connectivity index (χ2n) is 6.39. The van der Waals surface area contributed by atoms with Gasteiger partial charge in [0.2, 0.25) is 0 Å². The van der Waals surface area contributed by atoms with E-state index >= 15 is 0 Å². The summed E-state index contributed by atoms with van der Waals surface area (Å²) in [5, 5.41) is 17.7. The Morgan fingerprint density at radius 3 is 2.86 bits per heavy atom. The predicted octanol–water partition coefficient (Wildman–Crippen LogP) is 3.81. The summed E-state index contributed by atoms with van der Waals surface area (Å²) < 4.78 is 22.1. The molecule has 0 aliphatic carbocycles. The maximum absolute atomic E-state index is 11.4. The highest BCUT2D eigenvalue weighted by atomic mass is 32.2. The van der Waals surface area contributed by atoms with E-state index < -0.39 is 5.97 Å². The Kier molecular flexibility index (Phi) is 5.68. The number of hydrogen-bond acceptors (Lipinski definition) is 8. The number of carboxylic acids is 1. The zero-order valence-electron chi connectivity index (χ0n) is 15.6. The minimum absolute atomic E-state index is 0.137. The molecule has 8 nitrogen and oxygen atoms in total. The molecule has 1 aromatic heterocycles. The highest BCUT2D eigenvalue weighted by Crippen LogP contribution is 2.34. The van der Waals surface area contributed by atoms with E-state index in [1.807, 2.05) is 31.2 Å². The molecule has 150 valence electrons. The van der Waals surface area contributed by atoms with Gasteiger partial charge in [0.25, 0.3) is 11.1 Å². The molecule has 0 spiro atoms. The van der Waals surface area contributed by atoms with Crippen LogP contribution in [0.4, 0.5) is 0 Å². The molecule has 0 unspecified atom stereocenters. The fourth-order valence-electron chi connectivity index (χ4n) is 2.80. The number of aromatic nitrogens is 2. The number of aromatic carboxylic acids is 1. The van der Waals surface area contributed by atoms with Gasteiger partial charge in [-0.1, -0.05) is 29.5 Å². The first-order valence-corrected chi connectivity index (χ1v) is 9.81. The Labute approximate surface area is 170 Å². The van der Waals surface area contributed by atoms with Crippen LogP contribution in [0.25, 0.3) is 0 Å². The molecule has 29 heavy (non-hydrogen) atoms. The molecule has 4 rings (SSSR count). The van der Waals surface area contributed by atoms with Gasteiger partial charge in [0.05, 0.1) is 12.2 Å². The van der Waals surface area contributed by atoms with Crippen molar-refractivity contribution in [3.8, 4) is 11.5 Å². The van der Waals surface area contributed by atoms with Crippen molar-refractivity contribution in [1.82, 2.24) is 10.2 Å². The molecular formula is C20H18N2O6S. The molecule has 2 heterocycles. The molecule has 2 aromatic carbocycles. The number of carbonyl (C=O) groups is 1. The van der Waals surface area contributed by atoms with Gasteiger partial charge in [-0.2, -0.15) is 0 Å². The second kappa shape index (κ2) is 8.54. The average Bonchev–Trinajstić information content (AvgIpc) is 3.19. The highest BCUT2D eigenvalue weighted by Gasteiger charge is 2.20. The summed E-state index contributed by atoms with van der Waals surface area (Å²) >= 11 is 1.30. The van der Waals surface area contributed by atoms with Crippen LogP contribution in [-0.4, -0.2) is 28.1 Å². The Morgan fingerprint density at radius 1 is 1.24 bits per heavy atom. The molecule has 1 N–H and O–H groups in total. The topological polar surface area (TPSA) is 104 Å². The van der Waals surface area contributed by atoms with Crippen LogP contribution in [0.5, 0.6) is 11.5 Å². The van der Waals surface area contributed by atoms with E-state index in [4.69, 9.17) is 18.6 Å². The van der Waals surface area contributed by atoms with Crippen LogP contribution in [-0.2, 0) is 23.7 Å². The van der Waals surface area contributed by atoms with Gasteiger partial charge in [0.15, 0.2) is 13.4 Å². The number of fused-ring (bicyclic) bond motifs is 1. The van der Waals surface area contributed by atoms with Crippen LogP contribution < -0.4 is 9.47 Å². The van der Waals surface area contributed by atoms with Crippen molar-refractivity contribution in [1.29, 1.82) is 0 Å². The third-order valence-corrected chi connectivity index (χ3v) is 5.08. The Balaban J connectivity index is 1.41. The van der Waals surface area contributed by atoms with Gasteiger partial charge in [-0.15, -0.1) is 10.2 Å². The summed E-state index contributed by atoms with van der Waals surface area (Å²) in [6, 6.07) is 10.8. The monoisotopic (exact) mass is 414 g/mol. The van der Waals surface area contributed by atoms with Crippen molar-refractivity contribution >= 4 is 17.7 Å². The summed E-state index contributed by atoms with van der Waals surface area (Å²) in [7, 11) is 0. The third-order valence-electron chi connectivity index (χ3n) is 4.22. The lowest BCUT2D eigenvalue weighted by Gasteiger charge is -2.21. The average molecular weight is 414 g/mol. The molecule has 0 fully saturated rings. The molecule has 0 amide bonds. The number of aryl methyl sites for hydroxylation is 1. The molecule has 1 aliphatic rings. The summed E-state index contributed by atoms with van der Waals surface area (Å²) in [6.45, 7) is 2.63. The van der Waals surface area contributed by atoms with Crippen molar-refractivity contribution < 1.29 is 28.5 Å². The number of benzene rings is 2. The maximum Gasteiger partial charge on any atom is 0.335 e. The van der Waals surface area contributed by atoms with E-state index in [2.05, 4.69) is 10.2 Å². The van der Waals surface area contributed by atoms with E-state index in [1.165, 1.54) is 11.8 Å². The Bertz CT molecular complexity index is 1020. The summed E-state index contributed by atoms with van der Waals surface area (Å²) in [6.07, 6.45) is 0. The normalized spacial score (nSPS) is 12.9. The zero-order chi connectivity index (χ0) is 20.2. The third kappa shape index (κ3) is 4.69. The van der Waals surface area contributed by atoms with Crippen molar-refractivity contribution in [2.75, 3.05) is 6.79 Å². The summed E-state index contributed by atoms with van der Waals surface area (Å²) in [5.74, 6) is 1.15. The number of ether oxygens (including phenoxy) is 3. The van der Waals surface area contributed by atoms with Crippen molar-refractivity contribution in [3.63, 3.8) is 0 Å². The van der Waals surface area contributed by atoms with Crippen molar-refractivity contribution in [3.05, 3.63) is 64.5 Å². The standard InChI is InChI=1S/C20H18N2O6S/c1-12-2-4-16(5-3-12)26-9-17-21-22-20(28-17)29-10-15-7-13(19(23)24)6-14-8-25-11-27-18(14)15/h2-7H,8-11H2,1H3,(H,23,24). The van der Waals surface area contributed by atoms with Gasteiger partial charge in [0.1, 0.15) is 11.5 Å². The fraction of sp³-hybridized carbons (Fsp3) is 0.250. The summed E-state index contributed by atoms with van der Waals surface area (Å²) in [4.78, 5) is 11.4. The van der Waals surface area contributed by atoms with Crippen LogP contribution in [0.2, 0.25) is 0 Å². The van der Waals surface area contributed by atoms with E-state index in [9.17, 15) is 9.90 Å². The molecule has 0 atom stereocenters. The number of nitrogens with zero attached hydrogens (tertiary/aromatic N) is 2. The largest absolute Gasteiger partial charge is 0.484 e. The molecule has 0 radical (unpaired) electrons. The van der Waals surface area contributed by atoms with Crippen LogP contribution in [0.3, 0.4) is 0 Å². The summed E-state index contributed by atoms with van der Waals surface area (Å²) in [5.41, 5.74) is 2.79. The second-order valence-corrected chi connectivity index (χ2v) is 7.32. The fourth-order valence-corrected chi connectivity index (χ4v) is 3.55. The first kappa shape index (κ1) is 19.3. The minimum atomic E-state index is -1.00. The molecule has 0 bridgehead atoms. The van der Waals surface area contributed by atoms with Gasteiger partial charge in [-0.3, -0.25) is 0 Å². The van der Waals surface area contributed by atoms with Crippen LogP contribution >= 0.6 is 11.8 Å². The van der Waals surface area contributed by atoms with Gasteiger partial charge in [0, 0.05) is 16.9 Å². The molecule has 1 aliphatic heterocycles. The molecule has 0 saturated heterocycles. The van der Waals surface area contributed by atoms with E-state index in [0.717, 1.165) is 16.9 Å². The number of hydrogen-bond donors (Lipinski definition) is 1. The Morgan fingerprint density at radius 2 is 2.07 bits per heavy atom. The quantitative estimate of drug-likeness (QED) is 0.578. The highest BCUT2D eigenvalue weighted by molar-refractivity contribution is 7.98. The lowest BCUT2D eigenvalue weighted by atomic mass is 10.0. The van der Waals surface area contributed by atoms with Crippen LogP contribution in [0, 0.1) is 6.92 Å². The molecular weight excluding hydrogens is 396 g/mol. The van der Waals surface area contributed by atoms with Crippen LogP contribution in [0.1, 0.15) is 32.9 Å². The first-order valence-electron chi connectivity index (χ1n) is 8.83. The maximum atomic E-state index is 11.4. The van der Waals surface area contributed by atoms with Gasteiger partial charge >= 0.3 is 5.97 Å². The molecule has 3 aromatic rings. The minimum Gasteiger partial charge on any atom is -0.484 e. The van der Waals surface area contributed by atoms with Crippen LogP contribution in [0.15, 0.2) is 46.0 Å². The predicted molar refractivity (Wildman–Crippen MR) is 103 cm³/mol. The zero-order valence-corrected chi connectivity index (χ0v) is 16.4. The number of rotatable bonds is 7. The number of thioether (sulfide) groups is 1. The Hall–Kier alpha value is -3.04. The van der Waals surface area contributed by atoms with Crippen molar-refractivity contribution in [2.24, 2.45) is 0 Å². The first-order chi connectivity index (χ1) is 14.1. The smallest absolute Gasteiger partial charge is 0.335 e. The van der Waals surface area contributed by atoms with Gasteiger partial charge in [-0.05, 0) is 31.2 Å². The van der Waals surface area contributed by atoms with Gasteiger partial charge in [-0.25, -0.2) is 4.79 Å². The lowest BCUT2D eigenvalue weighted by molar-refractivity contribution is -0.0169. The van der Waals surface area contributed by atoms with E-state index in [1.54, 1.807) is 12.1 Å². The van der Waals surface area contributed by atoms with Gasteiger partial charge < -0.3 is 23.7 Å². The molecule has 0 saturated carbocycles. The SMILES string of the molecule is Cc1ccc(OCc2nnc(SCc3cc(C(=O)O)cc4c3OCOC4)o2)cc1. The van der Waals surface area contributed by atoms with E-state index in [0.29, 0.717) is 34.8 Å². The lowest BCUT2D eigenvalue weighted by Crippen LogP contribution is -2.14. The number of carboxylic acid groups (broad SMARTS) is 1. The van der Waals surface area contributed by atoms with E-state index in [-0.39, 0.29) is 19.0 Å².